The van der Waals surface area contributed by atoms with Crippen LogP contribution in [0.5, 0.6) is 0 Å². The molecule has 8 heteroatoms. The van der Waals surface area contributed by atoms with Gasteiger partial charge in [-0.3, -0.25) is 14.5 Å². The van der Waals surface area contributed by atoms with E-state index in [0.717, 1.165) is 6.20 Å². The molecule has 0 radical (unpaired) electrons. The smallest absolute Gasteiger partial charge is 0.304 e. The van der Waals surface area contributed by atoms with Crippen molar-refractivity contribution < 1.29 is 4.92 Å². The van der Waals surface area contributed by atoms with Crippen LogP contribution in [0.4, 0.5) is 5.69 Å². The van der Waals surface area contributed by atoms with Crippen molar-refractivity contribution >= 4 is 11.5 Å². The molecule has 2 N–H and O–H groups in total. The third kappa shape index (κ3) is 1.82. The molecule has 0 aromatic carbocycles. The third-order valence-corrected chi connectivity index (χ3v) is 2.04. The molecule has 2 aromatic heterocycles. The molecule has 1 atom stereocenters. The lowest BCUT2D eigenvalue weighted by Crippen LogP contribution is -2.19. The predicted molar refractivity (Wildman–Crippen MR) is 54.8 cm³/mol. The van der Waals surface area contributed by atoms with Crippen molar-refractivity contribution in [1.82, 2.24) is 19.6 Å². The molecule has 0 aliphatic carbocycles. The van der Waals surface area contributed by atoms with Crippen LogP contribution in [-0.4, -0.2) is 30.5 Å². The summed E-state index contributed by atoms with van der Waals surface area (Å²) in [5.74, 6) is 0.905. The first-order valence-electron chi connectivity index (χ1n) is 4.67. The van der Waals surface area contributed by atoms with Gasteiger partial charge in [-0.25, -0.2) is 4.98 Å². The average molecular weight is 222 g/mol. The molecule has 16 heavy (non-hydrogen) atoms. The lowest BCUT2D eigenvalue weighted by molar-refractivity contribution is -0.385. The van der Waals surface area contributed by atoms with Crippen molar-refractivity contribution in [1.29, 1.82) is 0 Å². The zero-order valence-corrected chi connectivity index (χ0v) is 8.57. The Hall–Kier alpha value is -2.09. The molecule has 0 aliphatic rings. The first-order chi connectivity index (χ1) is 7.58. The molecular weight excluding hydrogens is 212 g/mol. The Morgan fingerprint density at radius 1 is 1.62 bits per heavy atom. The minimum Gasteiger partial charge on any atom is -0.328 e. The Morgan fingerprint density at radius 2 is 2.38 bits per heavy atom. The number of aromatic nitrogens is 4. The summed E-state index contributed by atoms with van der Waals surface area (Å²) in [5, 5.41) is 18.3. The molecule has 0 amide bonds. The zero-order chi connectivity index (χ0) is 11.7. The summed E-state index contributed by atoms with van der Waals surface area (Å²) < 4.78 is 1.49. The lowest BCUT2D eigenvalue weighted by atomic mass is 10.2. The second-order valence-corrected chi connectivity index (χ2v) is 3.54. The quantitative estimate of drug-likeness (QED) is 0.574. The topological polar surface area (TPSA) is 112 Å². The molecule has 0 fully saturated rings. The molecule has 2 aromatic rings. The van der Waals surface area contributed by atoms with E-state index < -0.39 is 4.92 Å². The van der Waals surface area contributed by atoms with Crippen LogP contribution in [0.25, 0.3) is 5.78 Å². The zero-order valence-electron chi connectivity index (χ0n) is 8.57. The highest BCUT2D eigenvalue weighted by molar-refractivity contribution is 5.34. The molecular formula is C8H10N6O2. The summed E-state index contributed by atoms with van der Waals surface area (Å²) >= 11 is 0. The fourth-order valence-corrected chi connectivity index (χ4v) is 1.35. The largest absolute Gasteiger partial charge is 0.328 e. The molecule has 8 nitrogen and oxygen atoms in total. The van der Waals surface area contributed by atoms with Gasteiger partial charge in [0.1, 0.15) is 12.0 Å². The standard InChI is InChI=1S/C8H10N6O2/c1-5(9)2-7-11-12-8-10-3-6(14(15)16)4-13(7)8/h3-5H,2,9H2,1H3. The van der Waals surface area contributed by atoms with E-state index >= 15 is 0 Å². The molecule has 84 valence electrons. The first kappa shape index (κ1) is 10.4. The van der Waals surface area contributed by atoms with Crippen molar-refractivity contribution in [3.8, 4) is 0 Å². The van der Waals surface area contributed by atoms with Gasteiger partial charge >= 0.3 is 5.69 Å². The maximum atomic E-state index is 10.6. The summed E-state index contributed by atoms with van der Waals surface area (Å²) in [4.78, 5) is 13.9. The summed E-state index contributed by atoms with van der Waals surface area (Å²) in [6.07, 6.45) is 2.99. The number of nitrogens with two attached hydrogens (primary N) is 1. The predicted octanol–water partition coefficient (Wildman–Crippen LogP) is -0.0778. The Kier molecular flexibility index (Phi) is 2.49. The van der Waals surface area contributed by atoms with Gasteiger partial charge in [-0.2, -0.15) is 0 Å². The van der Waals surface area contributed by atoms with Gasteiger partial charge in [-0.1, -0.05) is 0 Å². The summed E-state index contributed by atoms with van der Waals surface area (Å²) in [6.45, 7) is 1.83. The van der Waals surface area contributed by atoms with Crippen molar-refractivity contribution in [2.45, 2.75) is 19.4 Å². The van der Waals surface area contributed by atoms with Crippen LogP contribution in [0.3, 0.4) is 0 Å². The number of fused-ring (bicyclic) bond motifs is 1. The monoisotopic (exact) mass is 222 g/mol. The highest BCUT2D eigenvalue weighted by Gasteiger charge is 2.13. The van der Waals surface area contributed by atoms with Crippen LogP contribution >= 0.6 is 0 Å². The fourth-order valence-electron chi connectivity index (χ4n) is 1.35. The molecule has 0 saturated heterocycles. The van der Waals surface area contributed by atoms with Crippen molar-refractivity contribution in [3.05, 3.63) is 28.3 Å². The Morgan fingerprint density at radius 3 is 3.00 bits per heavy atom. The maximum Gasteiger partial charge on any atom is 0.304 e. The molecule has 0 bridgehead atoms. The van der Waals surface area contributed by atoms with E-state index in [1.807, 2.05) is 6.92 Å². The van der Waals surface area contributed by atoms with E-state index in [1.54, 1.807) is 0 Å². The van der Waals surface area contributed by atoms with Gasteiger partial charge in [0, 0.05) is 12.5 Å². The minimum absolute atomic E-state index is 0.0911. The van der Waals surface area contributed by atoms with Crippen LogP contribution in [0.2, 0.25) is 0 Å². The summed E-state index contributed by atoms with van der Waals surface area (Å²) in [5.41, 5.74) is 5.54. The first-order valence-corrected chi connectivity index (χ1v) is 4.67. The van der Waals surface area contributed by atoms with Crippen LogP contribution in [-0.2, 0) is 6.42 Å². The second-order valence-electron chi connectivity index (χ2n) is 3.54. The number of nitrogens with zero attached hydrogens (tertiary/aromatic N) is 5. The fraction of sp³-hybridized carbons (Fsp3) is 0.375. The van der Waals surface area contributed by atoms with E-state index in [9.17, 15) is 10.1 Å². The molecule has 1 unspecified atom stereocenters. The highest BCUT2D eigenvalue weighted by Crippen LogP contribution is 2.11. The van der Waals surface area contributed by atoms with E-state index in [-0.39, 0.29) is 11.7 Å². The Labute approximate surface area is 90.3 Å². The lowest BCUT2D eigenvalue weighted by Gasteiger charge is -2.02. The van der Waals surface area contributed by atoms with E-state index in [1.165, 1.54) is 10.6 Å². The van der Waals surface area contributed by atoms with Gasteiger partial charge in [0.2, 0.25) is 0 Å². The van der Waals surface area contributed by atoms with E-state index in [4.69, 9.17) is 5.73 Å². The second kappa shape index (κ2) is 3.81. The number of hydrogen-bond donors (Lipinski definition) is 1. The SMILES string of the molecule is CC(N)Cc1nnc2ncc([N+](=O)[O-])cn12. The van der Waals surface area contributed by atoms with Gasteiger partial charge in [0.25, 0.3) is 5.78 Å². The summed E-state index contributed by atoms with van der Waals surface area (Å²) in [6, 6.07) is -0.0911. The Bertz CT molecular complexity index is 534. The van der Waals surface area contributed by atoms with Gasteiger partial charge in [-0.15, -0.1) is 10.2 Å². The normalized spacial score (nSPS) is 12.9. The van der Waals surface area contributed by atoms with Gasteiger partial charge < -0.3 is 5.73 Å². The average Bonchev–Trinajstić information content (AvgIpc) is 2.60. The van der Waals surface area contributed by atoms with Crippen LogP contribution in [0.15, 0.2) is 12.4 Å². The van der Waals surface area contributed by atoms with Crippen LogP contribution in [0.1, 0.15) is 12.7 Å². The van der Waals surface area contributed by atoms with Crippen molar-refractivity contribution in [2.24, 2.45) is 5.73 Å². The summed E-state index contributed by atoms with van der Waals surface area (Å²) in [7, 11) is 0. The Balaban J connectivity index is 2.51. The van der Waals surface area contributed by atoms with Crippen LogP contribution < -0.4 is 5.73 Å². The third-order valence-electron chi connectivity index (χ3n) is 2.04. The van der Waals surface area contributed by atoms with E-state index in [0.29, 0.717) is 18.0 Å². The van der Waals surface area contributed by atoms with Gasteiger partial charge in [-0.05, 0) is 6.92 Å². The molecule has 0 spiro atoms. The number of hydrogen-bond acceptors (Lipinski definition) is 6. The van der Waals surface area contributed by atoms with Crippen molar-refractivity contribution in [3.63, 3.8) is 0 Å². The molecule has 2 rings (SSSR count). The van der Waals surface area contributed by atoms with Gasteiger partial charge in [0.05, 0.1) is 11.1 Å². The maximum absolute atomic E-state index is 10.6. The highest BCUT2D eigenvalue weighted by atomic mass is 16.6. The number of rotatable bonds is 3. The van der Waals surface area contributed by atoms with Crippen molar-refractivity contribution in [2.75, 3.05) is 0 Å². The molecule has 0 saturated carbocycles. The van der Waals surface area contributed by atoms with Gasteiger partial charge in [0.15, 0.2) is 0 Å². The number of nitro groups is 1. The molecule has 0 aliphatic heterocycles. The van der Waals surface area contributed by atoms with E-state index in [2.05, 4.69) is 15.2 Å². The van der Waals surface area contributed by atoms with Crippen LogP contribution in [0, 0.1) is 10.1 Å². The minimum atomic E-state index is -0.512. The molecule has 2 heterocycles.